The Morgan fingerprint density at radius 3 is 3.50 bits per heavy atom. The van der Waals surface area contributed by atoms with Gasteiger partial charge in [-0.2, -0.15) is 0 Å². The summed E-state index contributed by atoms with van der Waals surface area (Å²) in [6, 6.07) is 5.11. The molecule has 0 bridgehead atoms. The summed E-state index contributed by atoms with van der Waals surface area (Å²) in [5.74, 6) is 0. The minimum absolute atomic E-state index is 1.12. The number of nitrogens with one attached hydrogen (secondary N) is 1. The van der Waals surface area contributed by atoms with E-state index in [-0.39, 0.29) is 0 Å². The van der Waals surface area contributed by atoms with E-state index in [0.717, 1.165) is 5.52 Å². The standard InChI is InChI=1S/C6H4NS/c1-3-7-5-2-4-8-6(1)5/h1,3-4,7H. The maximum atomic E-state index is 3.06. The van der Waals surface area contributed by atoms with Gasteiger partial charge in [-0.25, -0.2) is 0 Å². The average molecular weight is 122 g/mol. The van der Waals surface area contributed by atoms with E-state index in [0.29, 0.717) is 0 Å². The molecule has 0 saturated heterocycles. The number of hydrogen-bond acceptors (Lipinski definition) is 1. The quantitative estimate of drug-likeness (QED) is 0.550. The van der Waals surface area contributed by atoms with E-state index >= 15 is 0 Å². The number of hydrogen-bond donors (Lipinski definition) is 1. The van der Waals surface area contributed by atoms with E-state index in [1.54, 1.807) is 11.3 Å². The normalized spacial score (nSPS) is 10.5. The topological polar surface area (TPSA) is 15.8 Å². The average Bonchev–Trinajstić information content (AvgIpc) is 2.15. The Kier molecular flexibility index (Phi) is 0.704. The third-order valence-corrected chi connectivity index (χ3v) is 1.93. The third kappa shape index (κ3) is 0.406. The summed E-state index contributed by atoms with van der Waals surface area (Å²) >= 11 is 1.71. The summed E-state index contributed by atoms with van der Waals surface area (Å²) in [7, 11) is 0. The van der Waals surface area contributed by atoms with Crippen LogP contribution in [0.5, 0.6) is 0 Å². The highest BCUT2D eigenvalue weighted by Gasteiger charge is 1.90. The fourth-order valence-corrected chi connectivity index (χ4v) is 1.40. The number of thiophene rings is 1. The van der Waals surface area contributed by atoms with Gasteiger partial charge >= 0.3 is 0 Å². The predicted octanol–water partition coefficient (Wildman–Crippen LogP) is 2.03. The Bertz CT molecular complexity index is 230. The van der Waals surface area contributed by atoms with Crippen molar-refractivity contribution in [3.8, 4) is 0 Å². The molecule has 2 heterocycles. The molecule has 2 rings (SSSR count). The molecule has 0 fully saturated rings. The summed E-state index contributed by atoms with van der Waals surface area (Å²) in [6.45, 7) is 0. The van der Waals surface area contributed by atoms with Crippen molar-refractivity contribution >= 4 is 21.6 Å². The van der Waals surface area contributed by atoms with Crippen molar-refractivity contribution in [1.82, 2.24) is 4.98 Å². The molecule has 1 radical (unpaired) electrons. The highest BCUT2D eigenvalue weighted by atomic mass is 32.1. The van der Waals surface area contributed by atoms with Crippen molar-refractivity contribution in [3.63, 3.8) is 0 Å². The minimum atomic E-state index is 1.12. The molecule has 8 heavy (non-hydrogen) atoms. The van der Waals surface area contributed by atoms with Crippen LogP contribution in [-0.2, 0) is 0 Å². The molecule has 0 saturated carbocycles. The lowest BCUT2D eigenvalue weighted by Crippen LogP contribution is -1.50. The largest absolute Gasteiger partial charge is 0.360 e. The summed E-state index contributed by atoms with van der Waals surface area (Å²) in [4.78, 5) is 3.05. The Labute approximate surface area is 51.0 Å². The first kappa shape index (κ1) is 4.15. The molecule has 0 aromatic carbocycles. The van der Waals surface area contributed by atoms with Crippen molar-refractivity contribution < 1.29 is 0 Å². The second kappa shape index (κ2) is 1.36. The summed E-state index contributed by atoms with van der Waals surface area (Å²) in [6.07, 6.45) is 1.93. The maximum absolute atomic E-state index is 3.06. The van der Waals surface area contributed by atoms with Crippen LogP contribution in [0.2, 0.25) is 0 Å². The fraction of sp³-hybridized carbons (Fsp3) is 0. The molecule has 0 aliphatic carbocycles. The van der Waals surface area contributed by atoms with Crippen LogP contribution in [0.3, 0.4) is 0 Å². The molecule has 0 aliphatic heterocycles. The Morgan fingerprint density at radius 2 is 2.62 bits per heavy atom. The molecule has 1 nitrogen and oxygen atoms in total. The van der Waals surface area contributed by atoms with Gasteiger partial charge in [0.1, 0.15) is 0 Å². The molecule has 1 N–H and O–H groups in total. The molecule has 0 spiro atoms. The Morgan fingerprint density at radius 1 is 1.62 bits per heavy atom. The van der Waals surface area contributed by atoms with Gasteiger partial charge in [0.2, 0.25) is 0 Å². The molecule has 0 atom stereocenters. The van der Waals surface area contributed by atoms with E-state index in [2.05, 4.69) is 17.1 Å². The molecule has 2 aromatic rings. The molecule has 0 aliphatic rings. The van der Waals surface area contributed by atoms with Crippen LogP contribution in [0.4, 0.5) is 0 Å². The molecule has 2 heteroatoms. The number of H-pyrrole nitrogens is 1. The van der Waals surface area contributed by atoms with Gasteiger partial charge in [-0.05, 0) is 6.07 Å². The Balaban J connectivity index is 3.06. The van der Waals surface area contributed by atoms with Gasteiger partial charge in [0.25, 0.3) is 0 Å². The molecule has 0 amide bonds. The lowest BCUT2D eigenvalue weighted by molar-refractivity contribution is 1.48. The van der Waals surface area contributed by atoms with Gasteiger partial charge in [0.05, 0.1) is 10.2 Å². The lowest BCUT2D eigenvalue weighted by Gasteiger charge is -1.65. The molecular weight excluding hydrogens is 118 g/mol. The van der Waals surface area contributed by atoms with Crippen molar-refractivity contribution in [2.24, 2.45) is 0 Å². The van der Waals surface area contributed by atoms with Crippen molar-refractivity contribution in [2.75, 3.05) is 0 Å². The highest BCUT2D eigenvalue weighted by Crippen LogP contribution is 2.16. The van der Waals surface area contributed by atoms with E-state index in [1.165, 1.54) is 4.70 Å². The van der Waals surface area contributed by atoms with Gasteiger partial charge in [0.15, 0.2) is 0 Å². The van der Waals surface area contributed by atoms with Gasteiger partial charge in [-0.1, -0.05) is 0 Å². The number of aromatic nitrogens is 1. The van der Waals surface area contributed by atoms with Gasteiger partial charge in [-0.15, -0.1) is 11.3 Å². The van der Waals surface area contributed by atoms with Crippen molar-refractivity contribution in [3.05, 3.63) is 23.7 Å². The zero-order valence-corrected chi connectivity index (χ0v) is 4.96. The van der Waals surface area contributed by atoms with Gasteiger partial charge in [0, 0.05) is 17.6 Å². The summed E-state index contributed by atoms with van der Waals surface area (Å²) < 4.78 is 1.28. The smallest absolute Gasteiger partial charge is 0.0644 e. The highest BCUT2D eigenvalue weighted by molar-refractivity contribution is 7.17. The monoisotopic (exact) mass is 122 g/mol. The van der Waals surface area contributed by atoms with Crippen molar-refractivity contribution in [1.29, 1.82) is 0 Å². The van der Waals surface area contributed by atoms with E-state index in [1.807, 2.05) is 11.6 Å². The SMILES string of the molecule is [c]1csc2cc[nH]c12. The molecule has 39 valence electrons. The van der Waals surface area contributed by atoms with Gasteiger partial charge < -0.3 is 4.98 Å². The van der Waals surface area contributed by atoms with Crippen molar-refractivity contribution in [2.45, 2.75) is 0 Å². The number of fused-ring (bicyclic) bond motifs is 1. The third-order valence-electron chi connectivity index (χ3n) is 1.10. The minimum Gasteiger partial charge on any atom is -0.360 e. The van der Waals surface area contributed by atoms with Gasteiger partial charge in [-0.3, -0.25) is 0 Å². The molecule has 2 aromatic heterocycles. The predicted molar refractivity (Wildman–Crippen MR) is 35.0 cm³/mol. The second-order valence-electron chi connectivity index (χ2n) is 1.60. The van der Waals surface area contributed by atoms with Crippen LogP contribution in [0.15, 0.2) is 17.6 Å². The molecular formula is C6H4NS. The maximum Gasteiger partial charge on any atom is 0.0644 e. The van der Waals surface area contributed by atoms with Crippen LogP contribution < -0.4 is 0 Å². The van der Waals surface area contributed by atoms with E-state index in [9.17, 15) is 0 Å². The van der Waals surface area contributed by atoms with Crippen LogP contribution in [-0.4, -0.2) is 4.98 Å². The first-order valence-corrected chi connectivity index (χ1v) is 3.27. The van der Waals surface area contributed by atoms with E-state index in [4.69, 9.17) is 0 Å². The summed E-state index contributed by atoms with van der Waals surface area (Å²) in [5, 5.41) is 1.96. The lowest BCUT2D eigenvalue weighted by atomic mass is 10.5. The number of aromatic amines is 1. The zero-order chi connectivity index (χ0) is 5.40. The van der Waals surface area contributed by atoms with Crippen LogP contribution in [0, 0.1) is 6.07 Å². The fourth-order valence-electron chi connectivity index (χ4n) is 0.718. The van der Waals surface area contributed by atoms with E-state index < -0.39 is 0 Å². The number of rotatable bonds is 0. The Hall–Kier alpha value is -0.760. The van der Waals surface area contributed by atoms with Crippen LogP contribution >= 0.6 is 11.3 Å². The molecule has 0 unspecified atom stereocenters. The first-order chi connectivity index (χ1) is 3.97. The zero-order valence-electron chi connectivity index (χ0n) is 4.14. The first-order valence-electron chi connectivity index (χ1n) is 2.39. The van der Waals surface area contributed by atoms with Crippen LogP contribution in [0.1, 0.15) is 0 Å². The summed E-state index contributed by atoms with van der Waals surface area (Å²) in [5.41, 5.74) is 1.12. The second-order valence-corrected chi connectivity index (χ2v) is 2.51. The van der Waals surface area contributed by atoms with Crippen LogP contribution in [0.25, 0.3) is 10.2 Å².